The average Bonchev–Trinajstić information content (AvgIpc) is 3.31. The predicted molar refractivity (Wildman–Crippen MR) is 113 cm³/mol. The van der Waals surface area contributed by atoms with Gasteiger partial charge >= 0.3 is 0 Å². The lowest BCUT2D eigenvalue weighted by Crippen LogP contribution is -2.40. The molecule has 2 N–H and O–H groups in total. The molecule has 0 amide bonds. The molecular weight excluding hydrogens is 352 g/mol. The summed E-state index contributed by atoms with van der Waals surface area (Å²) in [5.41, 5.74) is 3.35. The monoisotopic (exact) mass is 372 g/mol. The van der Waals surface area contributed by atoms with Crippen molar-refractivity contribution >= 4 is 34.7 Å². The first-order chi connectivity index (χ1) is 13.2. The van der Waals surface area contributed by atoms with E-state index in [-0.39, 0.29) is 0 Å². The smallest absolute Gasteiger partial charge is 0.171 e. The number of rotatable bonds is 4. The summed E-state index contributed by atoms with van der Waals surface area (Å²) >= 11 is 5.47. The van der Waals surface area contributed by atoms with Crippen LogP contribution in [0.1, 0.15) is 24.0 Å². The van der Waals surface area contributed by atoms with Crippen LogP contribution in [0.15, 0.2) is 60.9 Å². The van der Waals surface area contributed by atoms with Gasteiger partial charge in [0.15, 0.2) is 5.11 Å². The quantitative estimate of drug-likeness (QED) is 0.473. The molecule has 0 unspecified atom stereocenters. The minimum Gasteiger partial charge on any atom is -0.359 e. The molecule has 4 rings (SSSR count). The number of hydrogen-bond donors (Lipinski definition) is 2. The Hall–Kier alpha value is -2.97. The number of nitrogens with one attached hydrogen (secondary N) is 2. The third kappa shape index (κ3) is 4.07. The number of fused-ring (bicyclic) bond motifs is 2. The molecular formula is C22H20N4S. The largest absolute Gasteiger partial charge is 0.359 e. The topological polar surface area (TPSA) is 60.7 Å². The summed E-state index contributed by atoms with van der Waals surface area (Å²) in [4.78, 5) is 4.00. The molecule has 1 heterocycles. The van der Waals surface area contributed by atoms with Crippen molar-refractivity contribution in [2.45, 2.75) is 18.9 Å². The Morgan fingerprint density at radius 1 is 1.11 bits per heavy atom. The lowest BCUT2D eigenvalue weighted by atomic mass is 10.0. The second-order valence-electron chi connectivity index (χ2n) is 7.01. The second kappa shape index (κ2) is 7.73. The summed E-state index contributed by atoms with van der Waals surface area (Å²) in [5, 5.41) is 16.8. The van der Waals surface area contributed by atoms with Gasteiger partial charge in [0, 0.05) is 24.1 Å². The normalized spacial score (nSPS) is 23.1. The van der Waals surface area contributed by atoms with Gasteiger partial charge in [0.05, 0.1) is 11.6 Å². The second-order valence-corrected chi connectivity index (χ2v) is 7.42. The highest BCUT2D eigenvalue weighted by Crippen LogP contribution is 2.38. The molecule has 1 aromatic heterocycles. The molecule has 2 aliphatic rings. The summed E-state index contributed by atoms with van der Waals surface area (Å²) in [6.45, 7) is 0. The molecule has 1 fully saturated rings. The lowest BCUT2D eigenvalue weighted by molar-refractivity contribution is 0.526. The number of hydrogen-bond acceptors (Lipinski definition) is 3. The Morgan fingerprint density at radius 2 is 1.89 bits per heavy atom. The molecule has 0 aliphatic heterocycles. The van der Waals surface area contributed by atoms with Crippen LogP contribution in [0, 0.1) is 23.2 Å². The Labute approximate surface area is 164 Å². The van der Waals surface area contributed by atoms with Crippen molar-refractivity contribution in [3.63, 3.8) is 0 Å². The van der Waals surface area contributed by atoms with Crippen LogP contribution in [-0.2, 0) is 0 Å². The van der Waals surface area contributed by atoms with Crippen LogP contribution in [0.25, 0.3) is 11.6 Å². The number of anilines is 1. The Balaban J connectivity index is 1.40. The van der Waals surface area contributed by atoms with Gasteiger partial charge in [0.2, 0.25) is 0 Å². The number of pyridine rings is 1. The van der Waals surface area contributed by atoms with E-state index >= 15 is 0 Å². The van der Waals surface area contributed by atoms with Crippen molar-refractivity contribution < 1.29 is 0 Å². The van der Waals surface area contributed by atoms with E-state index in [1.165, 1.54) is 6.42 Å². The van der Waals surface area contributed by atoms with Gasteiger partial charge in [-0.2, -0.15) is 5.26 Å². The van der Waals surface area contributed by atoms with Crippen LogP contribution in [0.5, 0.6) is 0 Å². The summed E-state index contributed by atoms with van der Waals surface area (Å²) in [6, 6.07) is 14.2. The van der Waals surface area contributed by atoms with Crippen LogP contribution in [0.2, 0.25) is 0 Å². The van der Waals surface area contributed by atoms with Crippen molar-refractivity contribution in [3.05, 3.63) is 72.1 Å². The maximum atomic E-state index is 9.48. The molecule has 134 valence electrons. The first kappa shape index (κ1) is 17.4. The number of nitriles is 1. The van der Waals surface area contributed by atoms with E-state index in [2.05, 4.69) is 33.8 Å². The third-order valence-electron chi connectivity index (χ3n) is 5.19. The van der Waals surface area contributed by atoms with Crippen LogP contribution >= 0.6 is 12.2 Å². The van der Waals surface area contributed by atoms with Crippen LogP contribution in [-0.4, -0.2) is 16.1 Å². The van der Waals surface area contributed by atoms with Gasteiger partial charge in [-0.15, -0.1) is 0 Å². The summed E-state index contributed by atoms with van der Waals surface area (Å²) in [6.07, 6.45) is 12.3. The summed E-state index contributed by atoms with van der Waals surface area (Å²) in [7, 11) is 0. The number of benzene rings is 1. The minimum atomic E-state index is 0.438. The third-order valence-corrected chi connectivity index (χ3v) is 5.41. The molecule has 1 aromatic carbocycles. The minimum absolute atomic E-state index is 0.438. The Morgan fingerprint density at radius 3 is 2.52 bits per heavy atom. The Bertz CT molecular complexity index is 925. The number of aromatic nitrogens is 1. The highest BCUT2D eigenvalue weighted by molar-refractivity contribution is 7.80. The van der Waals surface area contributed by atoms with Gasteiger partial charge in [0.1, 0.15) is 0 Å². The van der Waals surface area contributed by atoms with Crippen LogP contribution in [0.3, 0.4) is 0 Å². The van der Waals surface area contributed by atoms with E-state index in [9.17, 15) is 5.26 Å². The van der Waals surface area contributed by atoms with E-state index in [4.69, 9.17) is 12.2 Å². The van der Waals surface area contributed by atoms with Crippen LogP contribution in [0.4, 0.5) is 5.69 Å². The standard InChI is InChI=1S/C22H20N4S/c23-14-19(11-15-7-9-24-10-8-15)17-3-5-20(6-4-17)25-22(27)26-21-13-16-1-2-18(21)12-16/h1-11,16,18,21H,12-13H2,(H2,25,26,27)/b19-11+/t16-,18-,21-/m0/s1. The summed E-state index contributed by atoms with van der Waals surface area (Å²) in [5.74, 6) is 1.32. The van der Waals surface area contributed by atoms with Gasteiger partial charge in [-0.05, 0) is 78.4 Å². The maximum absolute atomic E-state index is 9.48. The van der Waals surface area contributed by atoms with Gasteiger partial charge in [-0.1, -0.05) is 24.3 Å². The highest BCUT2D eigenvalue weighted by Gasteiger charge is 2.35. The van der Waals surface area contributed by atoms with Crippen molar-refractivity contribution in [2.75, 3.05) is 5.32 Å². The fraction of sp³-hybridized carbons (Fsp3) is 0.227. The van der Waals surface area contributed by atoms with Crippen molar-refractivity contribution in [2.24, 2.45) is 11.8 Å². The fourth-order valence-electron chi connectivity index (χ4n) is 3.82. The molecule has 0 spiro atoms. The zero-order valence-electron chi connectivity index (χ0n) is 14.8. The van der Waals surface area contributed by atoms with Crippen molar-refractivity contribution in [1.29, 1.82) is 5.26 Å². The molecule has 2 aliphatic carbocycles. The van der Waals surface area contributed by atoms with Gasteiger partial charge in [0.25, 0.3) is 0 Å². The lowest BCUT2D eigenvalue weighted by Gasteiger charge is -2.22. The van der Waals surface area contributed by atoms with E-state index in [0.29, 0.717) is 28.6 Å². The molecule has 3 atom stereocenters. The molecule has 2 aromatic rings. The van der Waals surface area contributed by atoms with E-state index in [1.807, 2.05) is 42.5 Å². The van der Waals surface area contributed by atoms with E-state index in [0.717, 1.165) is 23.2 Å². The van der Waals surface area contributed by atoms with Crippen molar-refractivity contribution in [3.8, 4) is 6.07 Å². The zero-order valence-corrected chi connectivity index (χ0v) is 15.6. The molecule has 5 heteroatoms. The van der Waals surface area contributed by atoms with Gasteiger partial charge in [-0.3, -0.25) is 4.98 Å². The van der Waals surface area contributed by atoms with E-state index < -0.39 is 0 Å². The average molecular weight is 372 g/mol. The van der Waals surface area contributed by atoms with Crippen molar-refractivity contribution in [1.82, 2.24) is 10.3 Å². The van der Waals surface area contributed by atoms with Gasteiger partial charge in [-0.25, -0.2) is 0 Å². The van der Waals surface area contributed by atoms with E-state index in [1.54, 1.807) is 12.4 Å². The first-order valence-electron chi connectivity index (χ1n) is 9.09. The molecule has 0 radical (unpaired) electrons. The molecule has 1 saturated carbocycles. The maximum Gasteiger partial charge on any atom is 0.171 e. The molecule has 0 saturated heterocycles. The van der Waals surface area contributed by atoms with Gasteiger partial charge < -0.3 is 10.6 Å². The SMILES string of the molecule is N#C/C(=C\c1ccncc1)c1ccc(NC(=S)N[C@H]2C[C@H]3C=C[C@H]2C3)cc1. The van der Waals surface area contributed by atoms with Crippen LogP contribution < -0.4 is 10.6 Å². The number of nitrogens with zero attached hydrogens (tertiary/aromatic N) is 2. The predicted octanol–water partition coefficient (Wildman–Crippen LogP) is 4.40. The zero-order chi connectivity index (χ0) is 18.6. The molecule has 27 heavy (non-hydrogen) atoms. The molecule has 2 bridgehead atoms. The molecule has 4 nitrogen and oxygen atoms in total. The fourth-order valence-corrected chi connectivity index (χ4v) is 4.09. The summed E-state index contributed by atoms with van der Waals surface area (Å²) < 4.78 is 0. The highest BCUT2D eigenvalue weighted by atomic mass is 32.1. The Kier molecular flexibility index (Phi) is 4.99. The number of allylic oxidation sites excluding steroid dienone is 2. The number of thiocarbonyl (C=S) groups is 1. The first-order valence-corrected chi connectivity index (χ1v) is 9.50.